The molecule has 0 aliphatic carbocycles. The third-order valence-corrected chi connectivity index (χ3v) is 5.60. The Bertz CT molecular complexity index is 713. The molecule has 1 aliphatic heterocycles. The smallest absolute Gasteiger partial charge is 0.233 e. The summed E-state index contributed by atoms with van der Waals surface area (Å²) in [5.41, 5.74) is 2.19. The number of thioether (sulfide) groups is 1. The van der Waals surface area contributed by atoms with E-state index in [0.717, 1.165) is 25.1 Å². The fraction of sp³-hybridized carbons (Fsp3) is 0.556. The minimum absolute atomic E-state index is 0.168. The Morgan fingerprint density at radius 3 is 2.72 bits per heavy atom. The third kappa shape index (κ3) is 4.21. The van der Waals surface area contributed by atoms with Crippen LogP contribution in [0.5, 0.6) is 0 Å². The topological polar surface area (TPSA) is 63.9 Å². The zero-order valence-corrected chi connectivity index (χ0v) is 15.9. The number of piperidine rings is 1. The lowest BCUT2D eigenvalue weighted by Crippen LogP contribution is -2.42. The van der Waals surface area contributed by atoms with Crippen molar-refractivity contribution in [1.29, 1.82) is 0 Å². The summed E-state index contributed by atoms with van der Waals surface area (Å²) in [6.07, 6.45) is 3.40. The molecule has 0 N–H and O–H groups in total. The lowest BCUT2D eigenvalue weighted by Gasteiger charge is -2.33. The molecule has 1 fully saturated rings. The molecule has 134 valence electrons. The maximum atomic E-state index is 12.5. The average Bonchev–Trinajstić information content (AvgIpc) is 3.08. The number of carbonyl (C=O) groups excluding carboxylic acids is 1. The molecule has 0 unspecified atom stereocenters. The molecule has 2 heterocycles. The zero-order valence-electron chi connectivity index (χ0n) is 15.1. The van der Waals surface area contributed by atoms with Gasteiger partial charge in [0.25, 0.3) is 0 Å². The first-order valence-corrected chi connectivity index (χ1v) is 9.86. The molecule has 0 saturated carbocycles. The van der Waals surface area contributed by atoms with Gasteiger partial charge in [0, 0.05) is 12.6 Å². The second-order valence-corrected chi connectivity index (χ2v) is 7.78. The molecule has 1 amide bonds. The number of likely N-dealkylation sites (tertiary alicyclic amines) is 1. The van der Waals surface area contributed by atoms with Crippen LogP contribution in [0.3, 0.4) is 0 Å². The van der Waals surface area contributed by atoms with E-state index in [0.29, 0.717) is 22.9 Å². The van der Waals surface area contributed by atoms with Crippen molar-refractivity contribution in [3.8, 4) is 5.69 Å². The largest absolute Gasteiger partial charge is 0.339 e. The lowest BCUT2D eigenvalue weighted by atomic mass is 10.0. The third-order valence-electron chi connectivity index (χ3n) is 4.69. The minimum atomic E-state index is 0.168. The number of nitrogens with zero attached hydrogens (tertiary/aromatic N) is 5. The van der Waals surface area contributed by atoms with E-state index < -0.39 is 0 Å². The van der Waals surface area contributed by atoms with Gasteiger partial charge < -0.3 is 4.90 Å². The van der Waals surface area contributed by atoms with Gasteiger partial charge in [0.15, 0.2) is 0 Å². The number of rotatable bonds is 5. The monoisotopic (exact) mass is 359 g/mol. The molecule has 1 aromatic carbocycles. The molecule has 6 nitrogen and oxygen atoms in total. The van der Waals surface area contributed by atoms with Gasteiger partial charge in [0.2, 0.25) is 11.1 Å². The highest BCUT2D eigenvalue weighted by Gasteiger charge is 2.23. The van der Waals surface area contributed by atoms with Gasteiger partial charge in [-0.25, -0.2) is 0 Å². The Morgan fingerprint density at radius 1 is 1.28 bits per heavy atom. The fourth-order valence-corrected chi connectivity index (χ4v) is 3.89. The van der Waals surface area contributed by atoms with Gasteiger partial charge in [0.1, 0.15) is 0 Å². The normalized spacial score (nSPS) is 17.9. The van der Waals surface area contributed by atoms with E-state index in [1.165, 1.54) is 23.7 Å². The van der Waals surface area contributed by atoms with E-state index in [9.17, 15) is 4.79 Å². The summed E-state index contributed by atoms with van der Waals surface area (Å²) in [5, 5.41) is 12.6. The molecule has 3 rings (SSSR count). The van der Waals surface area contributed by atoms with E-state index >= 15 is 0 Å². The first-order chi connectivity index (χ1) is 12.1. The van der Waals surface area contributed by atoms with Crippen LogP contribution in [0.1, 0.15) is 51.5 Å². The summed E-state index contributed by atoms with van der Waals surface area (Å²) in [6.45, 7) is 7.32. The van der Waals surface area contributed by atoms with Gasteiger partial charge in [-0.2, -0.15) is 4.68 Å². The molecule has 7 heteroatoms. The van der Waals surface area contributed by atoms with Gasteiger partial charge in [-0.3, -0.25) is 4.79 Å². The SMILES string of the molecule is CC(C)c1ccc(-n2nnnc2SCC(=O)N2CCCC[C@@H]2C)cc1. The van der Waals surface area contributed by atoms with Gasteiger partial charge in [-0.15, -0.1) is 5.10 Å². The number of amides is 1. The minimum Gasteiger partial charge on any atom is -0.339 e. The number of aromatic nitrogens is 4. The van der Waals surface area contributed by atoms with Crippen LogP contribution in [0, 0.1) is 0 Å². The van der Waals surface area contributed by atoms with E-state index in [1.54, 1.807) is 4.68 Å². The molecule has 0 spiro atoms. The summed E-state index contributed by atoms with van der Waals surface area (Å²) < 4.78 is 1.70. The lowest BCUT2D eigenvalue weighted by molar-refractivity contribution is -0.131. The molecular formula is C18H25N5OS. The Kier molecular flexibility index (Phi) is 5.73. The second-order valence-electron chi connectivity index (χ2n) is 6.84. The standard InChI is InChI=1S/C18H25N5OS/c1-13(2)15-7-9-16(10-8-15)23-18(19-20-21-23)25-12-17(24)22-11-5-4-6-14(22)3/h7-10,13-14H,4-6,11-12H2,1-3H3/t14-/m0/s1. The highest BCUT2D eigenvalue weighted by Crippen LogP contribution is 2.23. The van der Waals surface area contributed by atoms with Gasteiger partial charge >= 0.3 is 0 Å². The maximum Gasteiger partial charge on any atom is 0.233 e. The molecule has 1 aliphatic rings. The van der Waals surface area contributed by atoms with Crippen LogP contribution in [0.4, 0.5) is 0 Å². The first kappa shape index (κ1) is 17.9. The summed E-state index contributed by atoms with van der Waals surface area (Å²) in [7, 11) is 0. The van der Waals surface area contributed by atoms with E-state index in [4.69, 9.17) is 0 Å². The fourth-order valence-electron chi connectivity index (χ4n) is 3.11. The van der Waals surface area contributed by atoms with Crippen molar-refractivity contribution in [2.45, 2.75) is 57.1 Å². The number of carbonyl (C=O) groups is 1. The predicted molar refractivity (Wildman–Crippen MR) is 99.0 cm³/mol. The molecule has 0 bridgehead atoms. The maximum absolute atomic E-state index is 12.5. The molecule has 1 atom stereocenters. The number of tetrazole rings is 1. The van der Waals surface area contributed by atoms with Crippen LogP contribution in [0.25, 0.3) is 5.69 Å². The van der Waals surface area contributed by atoms with Gasteiger partial charge in [-0.05, 0) is 60.2 Å². The molecule has 0 radical (unpaired) electrons. The number of hydrogen-bond donors (Lipinski definition) is 0. The van der Waals surface area contributed by atoms with Crippen molar-refractivity contribution in [3.05, 3.63) is 29.8 Å². The predicted octanol–water partition coefficient (Wildman–Crippen LogP) is 3.28. The summed E-state index contributed by atoms with van der Waals surface area (Å²) >= 11 is 1.40. The summed E-state index contributed by atoms with van der Waals surface area (Å²) in [5.74, 6) is 1.03. The number of hydrogen-bond acceptors (Lipinski definition) is 5. The van der Waals surface area contributed by atoms with Gasteiger partial charge in [0.05, 0.1) is 11.4 Å². The van der Waals surface area contributed by atoms with Crippen LogP contribution in [0.15, 0.2) is 29.4 Å². The van der Waals surface area contributed by atoms with Crippen LogP contribution in [-0.4, -0.2) is 49.4 Å². The molecular weight excluding hydrogens is 334 g/mol. The molecule has 1 aromatic heterocycles. The second kappa shape index (κ2) is 7.99. The van der Waals surface area contributed by atoms with Crippen molar-refractivity contribution < 1.29 is 4.79 Å². The van der Waals surface area contributed by atoms with Crippen LogP contribution < -0.4 is 0 Å². The van der Waals surface area contributed by atoms with Crippen LogP contribution >= 0.6 is 11.8 Å². The van der Waals surface area contributed by atoms with Crippen molar-refractivity contribution in [3.63, 3.8) is 0 Å². The van der Waals surface area contributed by atoms with Crippen LogP contribution in [0.2, 0.25) is 0 Å². The Hall–Kier alpha value is -1.89. The quantitative estimate of drug-likeness (QED) is 0.767. The van der Waals surface area contributed by atoms with Crippen LogP contribution in [-0.2, 0) is 4.79 Å². The molecule has 1 saturated heterocycles. The highest BCUT2D eigenvalue weighted by atomic mass is 32.2. The van der Waals surface area contributed by atoms with E-state index in [2.05, 4.69) is 48.4 Å². The van der Waals surface area contributed by atoms with Crippen molar-refractivity contribution in [2.24, 2.45) is 0 Å². The zero-order chi connectivity index (χ0) is 17.8. The summed E-state index contributed by atoms with van der Waals surface area (Å²) in [6, 6.07) is 8.56. The van der Waals surface area contributed by atoms with Crippen molar-refractivity contribution in [2.75, 3.05) is 12.3 Å². The van der Waals surface area contributed by atoms with Crippen molar-refractivity contribution in [1.82, 2.24) is 25.1 Å². The number of benzene rings is 1. The Morgan fingerprint density at radius 2 is 2.04 bits per heavy atom. The Labute approximate surface area is 153 Å². The summed E-state index contributed by atoms with van der Waals surface area (Å²) in [4.78, 5) is 14.5. The molecule has 25 heavy (non-hydrogen) atoms. The van der Waals surface area contributed by atoms with Crippen molar-refractivity contribution >= 4 is 17.7 Å². The van der Waals surface area contributed by atoms with E-state index in [-0.39, 0.29) is 5.91 Å². The first-order valence-electron chi connectivity index (χ1n) is 8.87. The average molecular weight is 359 g/mol. The molecule has 2 aromatic rings. The van der Waals surface area contributed by atoms with Gasteiger partial charge in [-0.1, -0.05) is 37.7 Å². The Balaban J connectivity index is 1.66. The van der Waals surface area contributed by atoms with E-state index in [1.807, 2.05) is 17.0 Å². The highest BCUT2D eigenvalue weighted by molar-refractivity contribution is 7.99.